The van der Waals surface area contributed by atoms with Gasteiger partial charge in [0.05, 0.1) is 0 Å². The lowest BCUT2D eigenvalue weighted by Gasteiger charge is -2.15. The Hall–Kier alpha value is -0.260. The summed E-state index contributed by atoms with van der Waals surface area (Å²) in [5.74, 6) is 3.42. The molecule has 0 aliphatic carbocycles. The molecule has 20 heavy (non-hydrogen) atoms. The van der Waals surface area contributed by atoms with Gasteiger partial charge in [-0.05, 0) is 30.1 Å². The Balaban J connectivity index is 3.45. The highest BCUT2D eigenvalue weighted by Gasteiger charge is 2.07. The summed E-state index contributed by atoms with van der Waals surface area (Å²) in [5.41, 5.74) is 0. The highest BCUT2D eigenvalue weighted by atomic mass is 14.1. The second-order valence-electron chi connectivity index (χ2n) is 7.61. The minimum atomic E-state index is 0.697. The third-order valence-corrected chi connectivity index (χ3v) is 4.63. The van der Waals surface area contributed by atoms with Crippen LogP contribution < -0.4 is 0 Å². The zero-order chi connectivity index (χ0) is 15.4. The molecule has 0 saturated heterocycles. The third-order valence-electron chi connectivity index (χ3n) is 4.63. The Kier molecular flexibility index (Phi) is 12.3. The quantitative estimate of drug-likeness (QED) is 0.312. The van der Waals surface area contributed by atoms with Crippen molar-refractivity contribution >= 4 is 0 Å². The predicted molar refractivity (Wildman–Crippen MR) is 94.1 cm³/mol. The average Bonchev–Trinajstić information content (AvgIpc) is 2.38. The van der Waals surface area contributed by atoms with E-state index in [1.165, 1.54) is 57.8 Å². The van der Waals surface area contributed by atoms with Crippen LogP contribution in [-0.2, 0) is 0 Å². The predicted octanol–water partition coefficient (Wildman–Crippen LogP) is 7.25. The molecule has 0 aromatic carbocycles. The Morgan fingerprint density at radius 1 is 0.650 bits per heavy atom. The molecule has 0 radical (unpaired) electrons. The second kappa shape index (κ2) is 12.5. The first-order valence-corrected chi connectivity index (χ1v) is 9.08. The maximum absolute atomic E-state index is 3.86. The van der Waals surface area contributed by atoms with E-state index < -0.39 is 0 Å². The van der Waals surface area contributed by atoms with Gasteiger partial charge in [-0.3, -0.25) is 0 Å². The van der Waals surface area contributed by atoms with Crippen LogP contribution in [0.4, 0.5) is 0 Å². The van der Waals surface area contributed by atoms with E-state index in [-0.39, 0.29) is 0 Å². The van der Waals surface area contributed by atoms with Crippen LogP contribution in [0.15, 0.2) is 12.7 Å². The normalized spacial score (nSPS) is 16.1. The summed E-state index contributed by atoms with van der Waals surface area (Å²) in [6.45, 7) is 15.7. The fourth-order valence-electron chi connectivity index (χ4n) is 2.88. The van der Waals surface area contributed by atoms with Gasteiger partial charge in [0.15, 0.2) is 0 Å². The summed E-state index contributed by atoms with van der Waals surface area (Å²) in [6.07, 6.45) is 14.7. The van der Waals surface area contributed by atoms with Crippen molar-refractivity contribution in [3.63, 3.8) is 0 Å². The first-order valence-electron chi connectivity index (χ1n) is 9.08. The van der Waals surface area contributed by atoms with E-state index in [2.05, 4.69) is 47.3 Å². The van der Waals surface area contributed by atoms with Crippen LogP contribution in [0.25, 0.3) is 0 Å². The van der Waals surface area contributed by atoms with Gasteiger partial charge in [-0.2, -0.15) is 0 Å². The van der Waals surface area contributed by atoms with E-state index in [0.29, 0.717) is 5.92 Å². The Labute approximate surface area is 129 Å². The Bertz CT molecular complexity index is 216. The minimum Gasteiger partial charge on any atom is -0.103 e. The zero-order valence-corrected chi connectivity index (χ0v) is 15.0. The van der Waals surface area contributed by atoms with Crippen LogP contribution in [0.2, 0.25) is 0 Å². The molecule has 3 atom stereocenters. The van der Waals surface area contributed by atoms with E-state index in [1.54, 1.807) is 0 Å². The summed E-state index contributed by atoms with van der Waals surface area (Å²) in [4.78, 5) is 0. The smallest absolute Gasteiger partial charge is 0.0265 e. The molecule has 0 rings (SSSR count). The van der Waals surface area contributed by atoms with Crippen LogP contribution in [0.1, 0.15) is 92.4 Å². The summed E-state index contributed by atoms with van der Waals surface area (Å²) in [6, 6.07) is 0. The van der Waals surface area contributed by atoms with Gasteiger partial charge in [0.1, 0.15) is 0 Å². The molecule has 0 saturated carbocycles. The topological polar surface area (TPSA) is 0 Å². The summed E-state index contributed by atoms with van der Waals surface area (Å²) < 4.78 is 0. The van der Waals surface area contributed by atoms with Gasteiger partial charge in [0.25, 0.3) is 0 Å². The summed E-state index contributed by atoms with van der Waals surface area (Å²) in [5, 5.41) is 0. The zero-order valence-electron chi connectivity index (χ0n) is 15.0. The van der Waals surface area contributed by atoms with Crippen molar-refractivity contribution < 1.29 is 0 Å². The first kappa shape index (κ1) is 19.7. The SMILES string of the molecule is C=CC(C)CCC[C@H](C)CCC[C@H](C)CCCC(C)C. The van der Waals surface area contributed by atoms with Crippen LogP contribution in [-0.4, -0.2) is 0 Å². The maximum Gasteiger partial charge on any atom is -0.0265 e. The van der Waals surface area contributed by atoms with Crippen LogP contribution in [0.3, 0.4) is 0 Å². The number of hydrogen-bond acceptors (Lipinski definition) is 0. The van der Waals surface area contributed by atoms with Gasteiger partial charge in [-0.1, -0.05) is 92.1 Å². The molecule has 0 heteroatoms. The van der Waals surface area contributed by atoms with Gasteiger partial charge >= 0.3 is 0 Å². The molecule has 1 unspecified atom stereocenters. The second-order valence-corrected chi connectivity index (χ2v) is 7.61. The Morgan fingerprint density at radius 2 is 1.05 bits per heavy atom. The third kappa shape index (κ3) is 12.8. The van der Waals surface area contributed by atoms with E-state index in [0.717, 1.165) is 17.8 Å². The van der Waals surface area contributed by atoms with Crippen LogP contribution >= 0.6 is 0 Å². The van der Waals surface area contributed by atoms with Gasteiger partial charge in [0.2, 0.25) is 0 Å². The Morgan fingerprint density at radius 3 is 1.45 bits per heavy atom. The van der Waals surface area contributed by atoms with Gasteiger partial charge in [-0.25, -0.2) is 0 Å². The number of allylic oxidation sites excluding steroid dienone is 1. The highest BCUT2D eigenvalue weighted by Crippen LogP contribution is 2.22. The molecule has 120 valence electrons. The highest BCUT2D eigenvalue weighted by molar-refractivity contribution is 4.74. The molecule has 0 aliphatic rings. The lowest BCUT2D eigenvalue weighted by atomic mass is 9.91. The summed E-state index contributed by atoms with van der Waals surface area (Å²) >= 11 is 0. The van der Waals surface area contributed by atoms with Crippen molar-refractivity contribution in [2.24, 2.45) is 23.7 Å². The number of rotatable bonds is 13. The maximum atomic E-state index is 3.86. The van der Waals surface area contributed by atoms with Crippen LogP contribution in [0.5, 0.6) is 0 Å². The van der Waals surface area contributed by atoms with Crippen molar-refractivity contribution in [3.8, 4) is 0 Å². The van der Waals surface area contributed by atoms with Crippen molar-refractivity contribution in [1.82, 2.24) is 0 Å². The first-order chi connectivity index (χ1) is 9.45. The lowest BCUT2D eigenvalue weighted by molar-refractivity contribution is 0.383. The fourth-order valence-corrected chi connectivity index (χ4v) is 2.88. The van der Waals surface area contributed by atoms with E-state index >= 15 is 0 Å². The van der Waals surface area contributed by atoms with Crippen molar-refractivity contribution in [1.29, 1.82) is 0 Å². The molecule has 0 heterocycles. The number of hydrogen-bond donors (Lipinski definition) is 0. The molecule has 0 bridgehead atoms. The molecular formula is C20H40. The monoisotopic (exact) mass is 280 g/mol. The largest absolute Gasteiger partial charge is 0.103 e. The standard InChI is InChI=1S/C20H40/c1-7-18(4)12-9-14-20(6)16-10-15-19(5)13-8-11-17(2)3/h7,17-20H,1,8-16H2,2-6H3/t18?,19-,20+/m1/s1. The van der Waals surface area contributed by atoms with Gasteiger partial charge in [-0.15, -0.1) is 6.58 Å². The molecule has 0 nitrogen and oxygen atoms in total. The van der Waals surface area contributed by atoms with E-state index in [9.17, 15) is 0 Å². The summed E-state index contributed by atoms with van der Waals surface area (Å²) in [7, 11) is 0. The molecule has 0 amide bonds. The molecule has 0 fully saturated rings. The van der Waals surface area contributed by atoms with E-state index in [4.69, 9.17) is 0 Å². The molecule has 0 aromatic rings. The van der Waals surface area contributed by atoms with Crippen molar-refractivity contribution in [2.45, 2.75) is 92.4 Å². The van der Waals surface area contributed by atoms with Gasteiger partial charge < -0.3 is 0 Å². The molecule has 0 N–H and O–H groups in total. The lowest BCUT2D eigenvalue weighted by Crippen LogP contribution is -2.00. The molecule has 0 spiro atoms. The molecule has 0 aliphatic heterocycles. The van der Waals surface area contributed by atoms with Crippen molar-refractivity contribution in [3.05, 3.63) is 12.7 Å². The molecule has 0 aromatic heterocycles. The minimum absolute atomic E-state index is 0.697. The van der Waals surface area contributed by atoms with Crippen molar-refractivity contribution in [2.75, 3.05) is 0 Å². The van der Waals surface area contributed by atoms with E-state index in [1.807, 2.05) is 0 Å². The fraction of sp³-hybridized carbons (Fsp3) is 0.900. The average molecular weight is 281 g/mol. The van der Waals surface area contributed by atoms with Crippen LogP contribution in [0, 0.1) is 23.7 Å². The van der Waals surface area contributed by atoms with Gasteiger partial charge in [0, 0.05) is 0 Å². The molecular weight excluding hydrogens is 240 g/mol.